The average Bonchev–Trinajstić information content (AvgIpc) is 2.44. The van der Waals surface area contributed by atoms with Crippen LogP contribution in [0.25, 0.3) is 0 Å². The number of nitrogens with one attached hydrogen (secondary N) is 1. The number of hydrogen-bond donors (Lipinski definition) is 2. The van der Waals surface area contributed by atoms with Gasteiger partial charge in [0.15, 0.2) is 0 Å². The van der Waals surface area contributed by atoms with Gasteiger partial charge in [0, 0.05) is 6.54 Å². The van der Waals surface area contributed by atoms with Crippen molar-refractivity contribution in [1.29, 1.82) is 0 Å². The Morgan fingerprint density at radius 1 is 1.30 bits per heavy atom. The van der Waals surface area contributed by atoms with Crippen molar-refractivity contribution in [3.8, 4) is 5.75 Å². The number of hydrogen-bond acceptors (Lipinski definition) is 3. The van der Waals surface area contributed by atoms with E-state index in [1.165, 1.54) is 0 Å². The normalized spacial score (nSPS) is 11.2. The molecule has 0 aliphatic heterocycles. The summed E-state index contributed by atoms with van der Waals surface area (Å²) >= 11 is 0. The summed E-state index contributed by atoms with van der Waals surface area (Å²) in [7, 11) is 0. The molecular weight excluding hydrogens is 252 g/mol. The van der Waals surface area contributed by atoms with Crippen molar-refractivity contribution in [2.75, 3.05) is 19.7 Å². The molecule has 0 unspecified atom stereocenters. The van der Waals surface area contributed by atoms with E-state index in [9.17, 15) is 4.79 Å². The highest BCUT2D eigenvalue weighted by Crippen LogP contribution is 2.20. The molecule has 0 saturated heterocycles. The molecule has 0 aliphatic rings. The van der Waals surface area contributed by atoms with Crippen molar-refractivity contribution in [3.63, 3.8) is 0 Å². The number of rotatable bonds is 9. The van der Waals surface area contributed by atoms with Gasteiger partial charge >= 0.3 is 0 Å². The third kappa shape index (κ3) is 7.14. The maximum Gasteiger partial charge on any atom is 0.223 e. The highest BCUT2D eigenvalue weighted by molar-refractivity contribution is 5.76. The van der Waals surface area contributed by atoms with Crippen LogP contribution in [-0.4, -0.2) is 25.6 Å². The zero-order valence-corrected chi connectivity index (χ0v) is 12.5. The van der Waals surface area contributed by atoms with Crippen LogP contribution in [0.15, 0.2) is 30.3 Å². The predicted molar refractivity (Wildman–Crippen MR) is 81.6 cm³/mol. The highest BCUT2D eigenvalue weighted by atomic mass is 16.5. The van der Waals surface area contributed by atoms with Gasteiger partial charge in [-0.05, 0) is 36.9 Å². The summed E-state index contributed by atoms with van der Waals surface area (Å²) in [4.78, 5) is 11.7. The lowest BCUT2D eigenvalue weighted by molar-refractivity contribution is -0.122. The van der Waals surface area contributed by atoms with Crippen molar-refractivity contribution in [1.82, 2.24) is 5.32 Å². The van der Waals surface area contributed by atoms with Gasteiger partial charge in [-0.2, -0.15) is 0 Å². The van der Waals surface area contributed by atoms with E-state index in [2.05, 4.69) is 19.2 Å². The zero-order valence-electron chi connectivity index (χ0n) is 12.5. The summed E-state index contributed by atoms with van der Waals surface area (Å²) in [5, 5.41) is 2.96. The van der Waals surface area contributed by atoms with Crippen molar-refractivity contribution >= 4 is 5.91 Å². The average molecular weight is 278 g/mol. The van der Waals surface area contributed by atoms with Gasteiger partial charge in [-0.25, -0.2) is 0 Å². The van der Waals surface area contributed by atoms with Crippen LogP contribution >= 0.6 is 0 Å². The summed E-state index contributed by atoms with van der Waals surface area (Å²) in [6.45, 7) is 6.06. The second-order valence-corrected chi connectivity index (χ2v) is 5.74. The van der Waals surface area contributed by atoms with Crippen LogP contribution in [0.5, 0.6) is 5.75 Å². The molecule has 0 atom stereocenters. The molecule has 0 aliphatic carbocycles. The van der Waals surface area contributed by atoms with Crippen molar-refractivity contribution in [2.45, 2.75) is 33.1 Å². The van der Waals surface area contributed by atoms with Gasteiger partial charge in [-0.3, -0.25) is 4.79 Å². The quantitative estimate of drug-likeness (QED) is 0.728. The molecule has 0 fully saturated rings. The monoisotopic (exact) mass is 278 g/mol. The Morgan fingerprint density at radius 3 is 2.65 bits per heavy atom. The molecule has 0 radical (unpaired) electrons. The Bertz CT molecular complexity index is 391. The molecule has 4 nitrogen and oxygen atoms in total. The van der Waals surface area contributed by atoms with Crippen LogP contribution in [-0.2, 0) is 4.79 Å². The first-order valence-corrected chi connectivity index (χ1v) is 7.18. The molecule has 4 heteroatoms. The Hall–Kier alpha value is -1.55. The second kappa shape index (κ2) is 8.59. The Kier molecular flexibility index (Phi) is 7.09. The molecule has 0 spiro atoms. The smallest absolute Gasteiger partial charge is 0.223 e. The molecule has 1 aromatic carbocycles. The molecule has 1 rings (SSSR count). The van der Waals surface area contributed by atoms with Gasteiger partial charge in [0.25, 0.3) is 0 Å². The number of carbonyl (C=O) groups excluding carboxylic acids is 1. The maximum absolute atomic E-state index is 11.7. The number of amides is 1. The summed E-state index contributed by atoms with van der Waals surface area (Å²) in [6.07, 6.45) is 2.38. The summed E-state index contributed by atoms with van der Waals surface area (Å²) < 4.78 is 5.50. The van der Waals surface area contributed by atoms with E-state index in [1.807, 2.05) is 30.3 Å². The minimum absolute atomic E-state index is 0.0294. The molecule has 0 bridgehead atoms. The lowest BCUT2D eigenvalue weighted by Crippen LogP contribution is -2.34. The lowest BCUT2D eigenvalue weighted by atomic mass is 9.88. The summed E-state index contributed by atoms with van der Waals surface area (Å²) in [5.41, 5.74) is 5.60. The van der Waals surface area contributed by atoms with Crippen LogP contribution < -0.4 is 15.8 Å². The van der Waals surface area contributed by atoms with Crippen LogP contribution in [0.1, 0.15) is 33.1 Å². The Morgan fingerprint density at radius 2 is 2.00 bits per heavy atom. The van der Waals surface area contributed by atoms with Gasteiger partial charge in [0.05, 0.1) is 13.0 Å². The highest BCUT2D eigenvalue weighted by Gasteiger charge is 2.17. The molecule has 112 valence electrons. The van der Waals surface area contributed by atoms with Gasteiger partial charge in [-0.1, -0.05) is 32.0 Å². The van der Waals surface area contributed by atoms with Gasteiger partial charge in [0.1, 0.15) is 5.75 Å². The van der Waals surface area contributed by atoms with E-state index in [4.69, 9.17) is 10.5 Å². The third-order valence-corrected chi connectivity index (χ3v) is 3.16. The van der Waals surface area contributed by atoms with Crippen LogP contribution in [0, 0.1) is 5.41 Å². The van der Waals surface area contributed by atoms with Gasteiger partial charge < -0.3 is 15.8 Å². The molecule has 1 amide bonds. The van der Waals surface area contributed by atoms with Crippen LogP contribution in [0.4, 0.5) is 0 Å². The Labute approximate surface area is 121 Å². The summed E-state index contributed by atoms with van der Waals surface area (Å²) in [6, 6.07) is 9.52. The minimum Gasteiger partial charge on any atom is -0.493 e. The van der Waals surface area contributed by atoms with E-state index in [0.29, 0.717) is 26.1 Å². The standard InChI is InChI=1S/C16H26N2O2/c1-16(2,10-6-11-17)13-18-15(19)9-12-20-14-7-4-3-5-8-14/h3-5,7-8H,6,9-13,17H2,1-2H3,(H,18,19). The number of benzene rings is 1. The van der Waals surface area contributed by atoms with E-state index in [0.717, 1.165) is 18.6 Å². The van der Waals surface area contributed by atoms with Crippen LogP contribution in [0.3, 0.4) is 0 Å². The fourth-order valence-corrected chi connectivity index (χ4v) is 1.87. The van der Waals surface area contributed by atoms with E-state index in [1.54, 1.807) is 0 Å². The SMILES string of the molecule is CC(C)(CCCN)CNC(=O)CCOc1ccccc1. The van der Waals surface area contributed by atoms with Gasteiger partial charge in [0.2, 0.25) is 5.91 Å². The summed E-state index contributed by atoms with van der Waals surface area (Å²) in [5.74, 6) is 0.824. The van der Waals surface area contributed by atoms with Crippen LogP contribution in [0.2, 0.25) is 0 Å². The lowest BCUT2D eigenvalue weighted by Gasteiger charge is -2.24. The third-order valence-electron chi connectivity index (χ3n) is 3.16. The van der Waals surface area contributed by atoms with Gasteiger partial charge in [-0.15, -0.1) is 0 Å². The molecule has 0 saturated carbocycles. The topological polar surface area (TPSA) is 64.3 Å². The number of nitrogens with two attached hydrogens (primary N) is 1. The first-order chi connectivity index (χ1) is 9.53. The fraction of sp³-hybridized carbons (Fsp3) is 0.562. The largest absolute Gasteiger partial charge is 0.493 e. The zero-order chi connectivity index (χ0) is 14.8. The van der Waals surface area contributed by atoms with Crippen molar-refractivity contribution in [2.24, 2.45) is 11.1 Å². The molecule has 20 heavy (non-hydrogen) atoms. The maximum atomic E-state index is 11.7. The molecule has 0 heterocycles. The van der Waals surface area contributed by atoms with Crippen molar-refractivity contribution in [3.05, 3.63) is 30.3 Å². The fourth-order valence-electron chi connectivity index (χ4n) is 1.87. The molecule has 1 aromatic rings. The number of ether oxygens (including phenoxy) is 1. The predicted octanol–water partition coefficient (Wildman–Crippen LogP) is 2.34. The van der Waals surface area contributed by atoms with E-state index < -0.39 is 0 Å². The number of para-hydroxylation sites is 1. The number of carbonyl (C=O) groups is 1. The van der Waals surface area contributed by atoms with Crippen molar-refractivity contribution < 1.29 is 9.53 Å². The first-order valence-electron chi connectivity index (χ1n) is 7.18. The Balaban J connectivity index is 2.17. The molecule has 3 N–H and O–H groups in total. The molecular formula is C16H26N2O2. The van der Waals surface area contributed by atoms with E-state index >= 15 is 0 Å². The second-order valence-electron chi connectivity index (χ2n) is 5.74. The molecule has 0 aromatic heterocycles. The minimum atomic E-state index is 0.0294. The van der Waals surface area contributed by atoms with E-state index in [-0.39, 0.29) is 11.3 Å². The first kappa shape index (κ1) is 16.5.